The summed E-state index contributed by atoms with van der Waals surface area (Å²) >= 11 is 0. The summed E-state index contributed by atoms with van der Waals surface area (Å²) in [7, 11) is 0. The Morgan fingerprint density at radius 3 is 2.81 bits per heavy atom. The molecule has 1 aromatic rings. The molecule has 1 rings (SSSR count). The number of aromatic nitrogens is 1. The van der Waals surface area contributed by atoms with Gasteiger partial charge in [0.25, 0.3) is 0 Å². The Labute approximate surface area is 97.3 Å². The highest BCUT2D eigenvalue weighted by Crippen LogP contribution is 2.11. The minimum absolute atomic E-state index is 0.138. The van der Waals surface area contributed by atoms with Crippen LogP contribution in [0.5, 0.6) is 5.75 Å². The molecule has 1 unspecified atom stereocenters. The largest absolute Gasteiger partial charge is 0.488 e. The number of ether oxygens (including phenoxy) is 1. The highest BCUT2D eigenvalue weighted by atomic mass is 16.5. The third-order valence-corrected chi connectivity index (χ3v) is 2.27. The molecule has 0 amide bonds. The van der Waals surface area contributed by atoms with Crippen LogP contribution in [0.25, 0.3) is 0 Å². The Morgan fingerprint density at radius 1 is 1.56 bits per heavy atom. The second kappa shape index (κ2) is 6.28. The zero-order valence-electron chi connectivity index (χ0n) is 10.1. The van der Waals surface area contributed by atoms with Crippen LogP contribution in [0.1, 0.15) is 26.0 Å². The zero-order chi connectivity index (χ0) is 12.0. The van der Waals surface area contributed by atoms with E-state index in [1.54, 1.807) is 6.20 Å². The fourth-order valence-corrected chi connectivity index (χ4v) is 1.23. The van der Waals surface area contributed by atoms with E-state index in [1.807, 2.05) is 19.1 Å². The maximum absolute atomic E-state index is 5.70. The normalized spacial score (nSPS) is 12.2. The van der Waals surface area contributed by atoms with Crippen LogP contribution in [0.3, 0.4) is 0 Å². The minimum Gasteiger partial charge on any atom is -0.488 e. The Morgan fingerprint density at radius 2 is 2.31 bits per heavy atom. The molecule has 0 aliphatic carbocycles. The van der Waals surface area contributed by atoms with Crippen molar-refractivity contribution in [3.63, 3.8) is 0 Å². The summed E-state index contributed by atoms with van der Waals surface area (Å²) in [6.45, 7) is 8.48. The van der Waals surface area contributed by atoms with Crippen LogP contribution in [0.15, 0.2) is 30.5 Å². The van der Waals surface area contributed by atoms with Gasteiger partial charge in [-0.1, -0.05) is 13.5 Å². The van der Waals surface area contributed by atoms with Crippen molar-refractivity contribution in [3.05, 3.63) is 36.2 Å². The third kappa shape index (κ3) is 4.45. The average Bonchev–Trinajstić information content (AvgIpc) is 2.27. The third-order valence-electron chi connectivity index (χ3n) is 2.27. The van der Waals surface area contributed by atoms with E-state index in [0.29, 0.717) is 6.61 Å². The van der Waals surface area contributed by atoms with Gasteiger partial charge in [0.15, 0.2) is 0 Å². The summed E-state index contributed by atoms with van der Waals surface area (Å²) in [5.74, 6) is 0.781. The van der Waals surface area contributed by atoms with E-state index < -0.39 is 0 Å². The first-order chi connectivity index (χ1) is 7.61. The first-order valence-electron chi connectivity index (χ1n) is 5.61. The van der Waals surface area contributed by atoms with E-state index in [1.165, 1.54) is 0 Å². The van der Waals surface area contributed by atoms with Crippen LogP contribution in [-0.4, -0.2) is 17.6 Å². The van der Waals surface area contributed by atoms with Crippen LogP contribution < -0.4 is 10.5 Å². The molecule has 0 spiro atoms. The van der Waals surface area contributed by atoms with Crippen molar-refractivity contribution in [1.82, 2.24) is 4.98 Å². The fraction of sp³-hybridized carbons (Fsp3) is 0.462. The van der Waals surface area contributed by atoms with Crippen molar-refractivity contribution in [2.24, 2.45) is 5.73 Å². The molecule has 16 heavy (non-hydrogen) atoms. The lowest BCUT2D eigenvalue weighted by Crippen LogP contribution is -2.18. The van der Waals surface area contributed by atoms with Crippen molar-refractivity contribution >= 4 is 0 Å². The first kappa shape index (κ1) is 12.7. The molecule has 0 saturated heterocycles. The van der Waals surface area contributed by atoms with Gasteiger partial charge in [0.2, 0.25) is 0 Å². The molecule has 88 valence electrons. The predicted molar refractivity (Wildman–Crippen MR) is 66.5 cm³/mol. The molecular weight excluding hydrogens is 200 g/mol. The molecule has 0 aliphatic heterocycles. The Bertz CT molecular complexity index is 330. The minimum atomic E-state index is 0.138. The summed E-state index contributed by atoms with van der Waals surface area (Å²) in [6, 6.07) is 4.01. The van der Waals surface area contributed by atoms with E-state index in [0.717, 1.165) is 29.9 Å². The van der Waals surface area contributed by atoms with Crippen LogP contribution in [0.2, 0.25) is 0 Å². The number of nitrogens with two attached hydrogens (primary N) is 1. The number of pyridine rings is 1. The first-order valence-corrected chi connectivity index (χ1v) is 5.61. The molecule has 3 nitrogen and oxygen atoms in total. The summed E-state index contributed by atoms with van der Waals surface area (Å²) in [4.78, 5) is 4.29. The molecule has 0 radical (unpaired) electrons. The highest BCUT2D eigenvalue weighted by Gasteiger charge is 2.00. The number of nitrogens with zero attached hydrogens (tertiary/aromatic N) is 1. The van der Waals surface area contributed by atoms with Crippen molar-refractivity contribution in [3.8, 4) is 5.75 Å². The molecule has 0 aliphatic rings. The molecule has 0 bridgehead atoms. The molecule has 0 fully saturated rings. The van der Waals surface area contributed by atoms with E-state index >= 15 is 0 Å². The van der Waals surface area contributed by atoms with Crippen LogP contribution in [0, 0.1) is 0 Å². The number of hydrogen-bond acceptors (Lipinski definition) is 3. The van der Waals surface area contributed by atoms with Gasteiger partial charge in [-0.15, -0.1) is 0 Å². The van der Waals surface area contributed by atoms with Crippen molar-refractivity contribution < 1.29 is 4.74 Å². The van der Waals surface area contributed by atoms with Crippen LogP contribution in [0.4, 0.5) is 0 Å². The predicted octanol–water partition coefficient (Wildman–Crippen LogP) is 2.32. The fourth-order valence-electron chi connectivity index (χ4n) is 1.23. The maximum atomic E-state index is 5.70. The molecule has 1 atom stereocenters. The summed E-state index contributed by atoms with van der Waals surface area (Å²) in [6.07, 6.45) is 3.47. The van der Waals surface area contributed by atoms with Gasteiger partial charge in [-0.2, -0.15) is 0 Å². The van der Waals surface area contributed by atoms with Crippen molar-refractivity contribution in [2.75, 3.05) is 6.61 Å². The van der Waals surface area contributed by atoms with Crippen LogP contribution >= 0.6 is 0 Å². The number of rotatable bonds is 6. The van der Waals surface area contributed by atoms with Crippen LogP contribution in [-0.2, 0) is 6.42 Å². The molecule has 0 saturated carbocycles. The lowest BCUT2D eigenvalue weighted by atomic mass is 10.2. The standard InChI is InChI=1S/C13H20N2O/c1-4-10(2)9-16-13-6-5-12(15-8-13)7-11(3)14/h5-6,8,11H,2,4,7,9,14H2,1,3H3. The van der Waals surface area contributed by atoms with E-state index in [-0.39, 0.29) is 6.04 Å². The monoisotopic (exact) mass is 220 g/mol. The van der Waals surface area contributed by atoms with Gasteiger partial charge in [-0.05, 0) is 31.1 Å². The molecule has 3 heteroatoms. The highest BCUT2D eigenvalue weighted by molar-refractivity contribution is 5.20. The van der Waals surface area contributed by atoms with Gasteiger partial charge >= 0.3 is 0 Å². The smallest absolute Gasteiger partial charge is 0.138 e. The zero-order valence-corrected chi connectivity index (χ0v) is 10.1. The van der Waals surface area contributed by atoms with Gasteiger partial charge in [-0.3, -0.25) is 4.98 Å². The summed E-state index contributed by atoms with van der Waals surface area (Å²) in [5, 5.41) is 0. The van der Waals surface area contributed by atoms with Crippen molar-refractivity contribution in [2.45, 2.75) is 32.7 Å². The maximum Gasteiger partial charge on any atom is 0.138 e. The molecule has 2 N–H and O–H groups in total. The molecule has 0 aromatic carbocycles. The van der Waals surface area contributed by atoms with Gasteiger partial charge < -0.3 is 10.5 Å². The second-order valence-electron chi connectivity index (χ2n) is 4.06. The van der Waals surface area contributed by atoms with E-state index in [2.05, 4.69) is 18.5 Å². The topological polar surface area (TPSA) is 48.1 Å². The van der Waals surface area contributed by atoms with E-state index in [4.69, 9.17) is 10.5 Å². The van der Waals surface area contributed by atoms with Gasteiger partial charge in [0.1, 0.15) is 12.4 Å². The lowest BCUT2D eigenvalue weighted by Gasteiger charge is -2.08. The summed E-state index contributed by atoms with van der Waals surface area (Å²) in [5.41, 5.74) is 7.78. The molecule has 1 aromatic heterocycles. The lowest BCUT2D eigenvalue weighted by molar-refractivity contribution is 0.347. The second-order valence-corrected chi connectivity index (χ2v) is 4.06. The van der Waals surface area contributed by atoms with E-state index in [9.17, 15) is 0 Å². The molecular formula is C13H20N2O. The van der Waals surface area contributed by atoms with Crippen molar-refractivity contribution in [1.29, 1.82) is 0 Å². The Balaban J connectivity index is 2.48. The SMILES string of the molecule is C=C(CC)COc1ccc(CC(C)N)nc1. The summed E-state index contributed by atoms with van der Waals surface area (Å²) < 4.78 is 5.53. The van der Waals surface area contributed by atoms with Gasteiger partial charge in [-0.25, -0.2) is 0 Å². The number of hydrogen-bond donors (Lipinski definition) is 1. The Hall–Kier alpha value is -1.35. The van der Waals surface area contributed by atoms with Gasteiger partial charge in [0, 0.05) is 18.2 Å². The molecule has 1 heterocycles. The van der Waals surface area contributed by atoms with Gasteiger partial charge in [0.05, 0.1) is 6.20 Å². The average molecular weight is 220 g/mol. The Kier molecular flexibility index (Phi) is 4.99. The quantitative estimate of drug-likeness (QED) is 0.748.